The SMILES string of the molecule is CCOc1cc(/C=C2/SC(=O)N(CCCc3ccccc3)C2=O)c(Br)cc1OCc1ccccc1. The van der Waals surface area contributed by atoms with Crippen LogP contribution in [0.3, 0.4) is 0 Å². The van der Waals surface area contributed by atoms with Gasteiger partial charge in [-0.1, -0.05) is 76.6 Å². The van der Waals surface area contributed by atoms with E-state index in [1.54, 1.807) is 6.08 Å². The number of amides is 2. The molecule has 1 saturated heterocycles. The van der Waals surface area contributed by atoms with E-state index in [4.69, 9.17) is 9.47 Å². The zero-order chi connectivity index (χ0) is 24.6. The van der Waals surface area contributed by atoms with E-state index in [9.17, 15) is 9.59 Å². The predicted octanol–water partition coefficient (Wildman–Crippen LogP) is 7.10. The summed E-state index contributed by atoms with van der Waals surface area (Å²) in [6, 6.07) is 23.6. The molecule has 3 aromatic carbocycles. The van der Waals surface area contributed by atoms with Crippen LogP contribution in [0, 0.1) is 0 Å². The van der Waals surface area contributed by atoms with Gasteiger partial charge in [0.15, 0.2) is 11.5 Å². The van der Waals surface area contributed by atoms with E-state index in [1.807, 2.05) is 67.6 Å². The number of nitrogens with zero attached hydrogens (tertiary/aromatic N) is 1. The van der Waals surface area contributed by atoms with Crippen LogP contribution < -0.4 is 9.47 Å². The van der Waals surface area contributed by atoms with Crippen molar-refractivity contribution in [3.05, 3.63) is 98.9 Å². The van der Waals surface area contributed by atoms with E-state index in [-0.39, 0.29) is 11.1 Å². The number of carbonyl (C=O) groups excluding carboxylic acids is 2. The molecule has 5 nitrogen and oxygen atoms in total. The average Bonchev–Trinajstić information content (AvgIpc) is 3.13. The predicted molar refractivity (Wildman–Crippen MR) is 144 cm³/mol. The number of halogens is 1. The summed E-state index contributed by atoms with van der Waals surface area (Å²) in [7, 11) is 0. The Morgan fingerprint density at radius 2 is 1.57 bits per heavy atom. The second kappa shape index (κ2) is 12.1. The molecule has 0 bridgehead atoms. The minimum atomic E-state index is -0.262. The lowest BCUT2D eigenvalue weighted by Gasteiger charge is -2.14. The highest BCUT2D eigenvalue weighted by Crippen LogP contribution is 2.38. The maximum atomic E-state index is 13.0. The summed E-state index contributed by atoms with van der Waals surface area (Å²) in [5, 5.41) is -0.238. The minimum Gasteiger partial charge on any atom is -0.490 e. The zero-order valence-corrected chi connectivity index (χ0v) is 21.8. The van der Waals surface area contributed by atoms with Crippen molar-refractivity contribution >= 4 is 44.9 Å². The normalized spacial score (nSPS) is 14.6. The molecule has 0 N–H and O–H groups in total. The number of hydrogen-bond acceptors (Lipinski definition) is 5. The minimum absolute atomic E-state index is 0.238. The van der Waals surface area contributed by atoms with Crippen LogP contribution in [0.1, 0.15) is 30.0 Å². The Bertz CT molecular complexity index is 1210. The number of benzene rings is 3. The topological polar surface area (TPSA) is 55.8 Å². The van der Waals surface area contributed by atoms with Crippen LogP contribution in [0.25, 0.3) is 6.08 Å². The maximum absolute atomic E-state index is 13.0. The Kier molecular flexibility index (Phi) is 8.66. The van der Waals surface area contributed by atoms with E-state index in [0.29, 0.717) is 36.2 Å². The number of aryl methyl sites for hydroxylation is 1. The third-order valence-corrected chi connectivity index (χ3v) is 7.04. The molecule has 0 saturated carbocycles. The molecule has 180 valence electrons. The Morgan fingerprint density at radius 3 is 2.26 bits per heavy atom. The molecule has 1 aliphatic rings. The van der Waals surface area contributed by atoms with E-state index in [1.165, 1.54) is 10.5 Å². The maximum Gasteiger partial charge on any atom is 0.293 e. The third-order valence-electron chi connectivity index (χ3n) is 5.45. The summed E-state index contributed by atoms with van der Waals surface area (Å²) in [5.74, 6) is 0.927. The van der Waals surface area contributed by atoms with Gasteiger partial charge in [0.05, 0.1) is 11.5 Å². The Labute approximate surface area is 218 Å². The van der Waals surface area contributed by atoms with E-state index < -0.39 is 0 Å². The molecule has 0 aliphatic carbocycles. The highest BCUT2D eigenvalue weighted by atomic mass is 79.9. The molecule has 1 fully saturated rings. The van der Waals surface area contributed by atoms with Crippen molar-refractivity contribution in [2.75, 3.05) is 13.2 Å². The highest BCUT2D eigenvalue weighted by molar-refractivity contribution is 9.10. The van der Waals surface area contributed by atoms with Crippen molar-refractivity contribution in [1.29, 1.82) is 0 Å². The number of thioether (sulfide) groups is 1. The Morgan fingerprint density at radius 1 is 0.914 bits per heavy atom. The summed E-state index contributed by atoms with van der Waals surface area (Å²) in [5.41, 5.74) is 2.99. The molecule has 3 aromatic rings. The highest BCUT2D eigenvalue weighted by Gasteiger charge is 2.34. The number of rotatable bonds is 10. The molecule has 2 amide bonds. The molecule has 0 aromatic heterocycles. The number of imide groups is 1. The Balaban J connectivity index is 1.47. The van der Waals surface area contributed by atoms with Crippen LogP contribution >= 0.6 is 27.7 Å². The Hall–Kier alpha value is -3.03. The van der Waals surface area contributed by atoms with E-state index in [2.05, 4.69) is 28.1 Å². The molecule has 0 unspecified atom stereocenters. The number of hydrogen-bond donors (Lipinski definition) is 0. The molecule has 0 spiro atoms. The third kappa shape index (κ3) is 6.55. The molecule has 35 heavy (non-hydrogen) atoms. The summed E-state index contributed by atoms with van der Waals surface area (Å²) in [4.78, 5) is 27.2. The first kappa shape index (κ1) is 25.1. The van der Waals surface area contributed by atoms with Crippen molar-refractivity contribution in [3.63, 3.8) is 0 Å². The van der Waals surface area contributed by atoms with E-state index in [0.717, 1.165) is 40.2 Å². The summed E-state index contributed by atoms with van der Waals surface area (Å²) >= 11 is 4.55. The first-order valence-electron chi connectivity index (χ1n) is 11.5. The fourth-order valence-corrected chi connectivity index (χ4v) is 4.99. The zero-order valence-electron chi connectivity index (χ0n) is 19.4. The van der Waals surface area contributed by atoms with Crippen molar-refractivity contribution in [1.82, 2.24) is 4.90 Å². The van der Waals surface area contributed by atoms with Crippen LogP contribution in [0.4, 0.5) is 4.79 Å². The molecule has 0 atom stereocenters. The van der Waals surface area contributed by atoms with Gasteiger partial charge in [0.2, 0.25) is 0 Å². The first-order valence-corrected chi connectivity index (χ1v) is 13.1. The van der Waals surface area contributed by atoms with Crippen LogP contribution in [0.15, 0.2) is 82.2 Å². The molecule has 1 heterocycles. The lowest BCUT2D eigenvalue weighted by Crippen LogP contribution is -2.29. The number of carbonyl (C=O) groups is 2. The molecular formula is C28H26BrNO4S. The van der Waals surface area contributed by atoms with Gasteiger partial charge in [-0.3, -0.25) is 14.5 Å². The van der Waals surface area contributed by atoms with Crippen molar-refractivity contribution in [3.8, 4) is 11.5 Å². The van der Waals surface area contributed by atoms with Crippen LogP contribution in [0.5, 0.6) is 11.5 Å². The van der Waals surface area contributed by atoms with Gasteiger partial charge in [-0.15, -0.1) is 0 Å². The van der Waals surface area contributed by atoms with Gasteiger partial charge < -0.3 is 9.47 Å². The van der Waals surface area contributed by atoms with Gasteiger partial charge in [-0.25, -0.2) is 0 Å². The lowest BCUT2D eigenvalue weighted by atomic mass is 10.1. The quantitative estimate of drug-likeness (QED) is 0.251. The lowest BCUT2D eigenvalue weighted by molar-refractivity contribution is -0.122. The standard InChI is InChI=1S/C28H26BrNO4S/c1-2-33-24-16-22(23(29)18-25(24)34-19-21-12-7-4-8-13-21)17-26-27(31)30(28(32)35-26)15-9-14-20-10-5-3-6-11-20/h3-8,10-13,16-18H,2,9,14-15,19H2,1H3/b26-17+. The van der Waals surface area contributed by atoms with Gasteiger partial charge in [0.25, 0.3) is 11.1 Å². The first-order chi connectivity index (χ1) is 17.0. The van der Waals surface area contributed by atoms with Crippen molar-refractivity contribution in [2.45, 2.75) is 26.4 Å². The van der Waals surface area contributed by atoms with Gasteiger partial charge >= 0.3 is 0 Å². The smallest absolute Gasteiger partial charge is 0.293 e. The summed E-state index contributed by atoms with van der Waals surface area (Å²) in [6.07, 6.45) is 3.27. The van der Waals surface area contributed by atoms with Crippen LogP contribution in [-0.2, 0) is 17.8 Å². The molecular weight excluding hydrogens is 526 g/mol. The van der Waals surface area contributed by atoms with Gasteiger partial charge in [-0.2, -0.15) is 0 Å². The second-order valence-corrected chi connectivity index (χ2v) is 9.80. The summed E-state index contributed by atoms with van der Waals surface area (Å²) < 4.78 is 12.6. The molecule has 0 radical (unpaired) electrons. The summed E-state index contributed by atoms with van der Waals surface area (Å²) in [6.45, 7) is 3.19. The monoisotopic (exact) mass is 551 g/mol. The van der Waals surface area contributed by atoms with E-state index >= 15 is 0 Å². The largest absolute Gasteiger partial charge is 0.490 e. The van der Waals surface area contributed by atoms with Gasteiger partial charge in [-0.05, 0) is 66.4 Å². The fourth-order valence-electron chi connectivity index (χ4n) is 3.70. The van der Waals surface area contributed by atoms with Gasteiger partial charge in [0.1, 0.15) is 6.61 Å². The number of ether oxygens (including phenoxy) is 2. The molecule has 1 aliphatic heterocycles. The van der Waals surface area contributed by atoms with Crippen LogP contribution in [-0.4, -0.2) is 29.2 Å². The average molecular weight is 552 g/mol. The van der Waals surface area contributed by atoms with Gasteiger partial charge in [0, 0.05) is 11.0 Å². The fraction of sp³-hybridized carbons (Fsp3) is 0.214. The molecule has 4 rings (SSSR count). The second-order valence-electron chi connectivity index (χ2n) is 7.95. The van der Waals surface area contributed by atoms with Crippen molar-refractivity contribution < 1.29 is 19.1 Å². The van der Waals surface area contributed by atoms with Crippen molar-refractivity contribution in [2.24, 2.45) is 0 Å². The molecule has 7 heteroatoms. The van der Waals surface area contributed by atoms with Crippen LogP contribution in [0.2, 0.25) is 0 Å².